The second kappa shape index (κ2) is 10.4. The molecule has 33 heavy (non-hydrogen) atoms. The molecular formula is C22H26ClN7O2S. The average molecular weight is 496 g/mol. The van der Waals surface area contributed by atoms with Crippen molar-refractivity contribution in [1.29, 1.82) is 0 Å². The number of halogens is 1. The highest BCUT2D eigenvalue weighted by molar-refractivity contribution is 7.17. The standard InChI is InChI=1S/C22H26ClN7O2S/c1-14-4-3-5-16(23)20(14)28-21(32)17-13-24-22(33-17)27-18-12-19(26-15(2)25-18)30-8-6-29(7-9-30)10-11-31/h3-5,12-13,31H,6-11H2,1-2H3,(H,28,32)(H,24,25,26,27)/i1D3,8D,9D2,11D2. The Morgan fingerprint density at radius 2 is 2.30 bits per heavy atom. The Morgan fingerprint density at radius 3 is 3.09 bits per heavy atom. The quantitative estimate of drug-likeness (QED) is 0.458. The van der Waals surface area contributed by atoms with E-state index in [2.05, 4.69) is 25.6 Å². The number of carbonyl (C=O) groups excluding carboxylic acids is 1. The molecule has 1 aromatic carbocycles. The topological polar surface area (TPSA) is 107 Å². The number of benzene rings is 1. The number of rotatable bonds is 7. The lowest BCUT2D eigenvalue weighted by Gasteiger charge is -2.35. The summed E-state index contributed by atoms with van der Waals surface area (Å²) in [6.07, 6.45) is 1.29. The van der Waals surface area contributed by atoms with Gasteiger partial charge in [0.05, 0.1) is 30.3 Å². The lowest BCUT2D eigenvalue weighted by Crippen LogP contribution is -2.47. The molecule has 1 unspecified atom stereocenters. The van der Waals surface area contributed by atoms with Crippen LogP contribution in [-0.2, 0) is 0 Å². The first-order chi connectivity index (χ1) is 18.9. The third-order valence-electron chi connectivity index (χ3n) is 4.57. The minimum atomic E-state index is -2.53. The van der Waals surface area contributed by atoms with Crippen LogP contribution in [0.3, 0.4) is 0 Å². The van der Waals surface area contributed by atoms with Crippen molar-refractivity contribution in [2.75, 3.05) is 54.7 Å². The summed E-state index contributed by atoms with van der Waals surface area (Å²) >= 11 is 7.12. The molecule has 1 aliphatic heterocycles. The van der Waals surface area contributed by atoms with Gasteiger partial charge in [-0.05, 0) is 25.4 Å². The van der Waals surface area contributed by atoms with E-state index in [0.29, 0.717) is 0 Å². The molecule has 3 heterocycles. The summed E-state index contributed by atoms with van der Waals surface area (Å²) in [5.74, 6) is -0.0135. The lowest BCUT2D eigenvalue weighted by molar-refractivity contribution is 0.103. The molecule has 2 aromatic heterocycles. The van der Waals surface area contributed by atoms with E-state index in [0.717, 1.165) is 16.2 Å². The predicted molar refractivity (Wildman–Crippen MR) is 132 cm³/mol. The van der Waals surface area contributed by atoms with Crippen LogP contribution in [0.2, 0.25) is 5.02 Å². The molecule has 3 aromatic rings. The SMILES string of the molecule is [2H]C1CN(CC([2H])([2H])O)CC([2H])([2H])N1c1cc(Nc2ncc(C(=O)Nc3c(Cl)cccc3C([2H])([2H])[2H])s2)nc(C)n1. The lowest BCUT2D eigenvalue weighted by atomic mass is 10.2. The summed E-state index contributed by atoms with van der Waals surface area (Å²) in [4.78, 5) is 28.3. The number of aryl methyl sites for hydroxylation is 2. The Labute approximate surface area is 212 Å². The molecule has 0 radical (unpaired) electrons. The van der Waals surface area contributed by atoms with E-state index < -0.39 is 38.9 Å². The minimum Gasteiger partial charge on any atom is -0.395 e. The highest BCUT2D eigenvalue weighted by Gasteiger charge is 2.19. The number of aliphatic hydroxyl groups is 1. The molecule has 1 fully saturated rings. The summed E-state index contributed by atoms with van der Waals surface area (Å²) < 4.78 is 63.4. The molecule has 11 heteroatoms. The van der Waals surface area contributed by atoms with Crippen molar-refractivity contribution in [2.45, 2.75) is 13.8 Å². The van der Waals surface area contributed by atoms with Crippen molar-refractivity contribution in [3.8, 4) is 0 Å². The number of piperazine rings is 1. The van der Waals surface area contributed by atoms with E-state index in [1.807, 2.05) is 0 Å². The van der Waals surface area contributed by atoms with Crippen molar-refractivity contribution in [1.82, 2.24) is 19.9 Å². The largest absolute Gasteiger partial charge is 0.395 e. The molecule has 9 nitrogen and oxygen atoms in total. The van der Waals surface area contributed by atoms with Crippen molar-refractivity contribution in [3.05, 3.63) is 51.7 Å². The van der Waals surface area contributed by atoms with Crippen LogP contribution in [0.5, 0.6) is 0 Å². The monoisotopic (exact) mass is 495 g/mol. The van der Waals surface area contributed by atoms with Gasteiger partial charge in [-0.25, -0.2) is 15.0 Å². The molecule has 1 saturated heterocycles. The Balaban J connectivity index is 1.52. The zero-order chi connectivity index (χ0) is 30.3. The highest BCUT2D eigenvalue weighted by Crippen LogP contribution is 2.28. The minimum absolute atomic E-state index is 0.0208. The zero-order valence-electron chi connectivity index (χ0n) is 25.5. The summed E-state index contributed by atoms with van der Waals surface area (Å²) in [6, 6.07) is 5.74. The summed E-state index contributed by atoms with van der Waals surface area (Å²) in [7, 11) is 0. The number of nitrogens with zero attached hydrogens (tertiary/aromatic N) is 5. The molecule has 1 amide bonds. The predicted octanol–water partition coefficient (Wildman–Crippen LogP) is 3.31. The number of hydrogen-bond donors (Lipinski definition) is 3. The third-order valence-corrected chi connectivity index (χ3v) is 5.80. The van der Waals surface area contributed by atoms with Gasteiger partial charge in [0.15, 0.2) is 5.13 Å². The number of para-hydroxylation sites is 1. The number of anilines is 4. The molecule has 0 bridgehead atoms. The molecule has 174 valence electrons. The maximum Gasteiger partial charge on any atom is 0.267 e. The van der Waals surface area contributed by atoms with Gasteiger partial charge in [0.25, 0.3) is 5.91 Å². The molecule has 4 rings (SSSR count). The van der Waals surface area contributed by atoms with Crippen molar-refractivity contribution >= 4 is 51.3 Å². The first-order valence-electron chi connectivity index (χ1n) is 13.9. The van der Waals surface area contributed by atoms with Gasteiger partial charge in [0.1, 0.15) is 22.3 Å². The third kappa shape index (κ3) is 5.77. The van der Waals surface area contributed by atoms with E-state index in [1.54, 1.807) is 6.92 Å². The smallest absolute Gasteiger partial charge is 0.267 e. The Bertz CT molecular complexity index is 1440. The van der Waals surface area contributed by atoms with Crippen LogP contribution in [0.4, 0.5) is 22.5 Å². The molecule has 1 aliphatic rings. The van der Waals surface area contributed by atoms with E-state index in [9.17, 15) is 9.90 Å². The van der Waals surface area contributed by atoms with Crippen molar-refractivity contribution < 1.29 is 20.9 Å². The second-order valence-electron chi connectivity index (χ2n) is 6.97. The number of aromatic nitrogens is 3. The fourth-order valence-electron chi connectivity index (χ4n) is 3.01. The van der Waals surface area contributed by atoms with Crippen LogP contribution in [0.15, 0.2) is 30.5 Å². The molecular weight excluding hydrogens is 462 g/mol. The van der Waals surface area contributed by atoms with Gasteiger partial charge in [-0.1, -0.05) is 35.1 Å². The summed E-state index contributed by atoms with van der Waals surface area (Å²) in [5, 5.41) is 15.3. The Kier molecular flexibility index (Phi) is 4.80. The number of carbonyl (C=O) groups is 1. The molecule has 0 saturated carbocycles. The van der Waals surface area contributed by atoms with Crippen LogP contribution >= 0.6 is 22.9 Å². The number of thiazole rings is 1. The second-order valence-corrected chi connectivity index (χ2v) is 8.41. The van der Waals surface area contributed by atoms with Crippen LogP contribution in [0.25, 0.3) is 0 Å². The van der Waals surface area contributed by atoms with E-state index >= 15 is 0 Å². The van der Waals surface area contributed by atoms with E-state index in [4.69, 9.17) is 22.6 Å². The molecule has 0 spiro atoms. The number of β-amino-alcohol motifs (C(OH)–C–C–N with tert-alkyl or cyclic N) is 1. The first kappa shape index (κ1) is 15.2. The number of nitrogens with one attached hydrogen (secondary N) is 2. The zero-order valence-corrected chi connectivity index (χ0v) is 19.0. The van der Waals surface area contributed by atoms with Crippen LogP contribution in [0.1, 0.15) is 32.0 Å². The van der Waals surface area contributed by atoms with E-state index in [1.165, 1.54) is 35.4 Å². The molecule has 3 N–H and O–H groups in total. The fraction of sp³-hybridized carbons (Fsp3) is 0.364. The Morgan fingerprint density at radius 1 is 1.42 bits per heavy atom. The van der Waals surface area contributed by atoms with Crippen LogP contribution in [-0.4, -0.2) is 70.1 Å². The maximum absolute atomic E-state index is 12.9. The summed E-state index contributed by atoms with van der Waals surface area (Å²) in [6.45, 7) is -7.47. The van der Waals surface area contributed by atoms with Crippen molar-refractivity contribution in [3.63, 3.8) is 0 Å². The Hall–Kier alpha value is -2.79. The summed E-state index contributed by atoms with van der Waals surface area (Å²) in [5.41, 5.74) is -0.124. The van der Waals surface area contributed by atoms with Gasteiger partial charge in [-0.2, -0.15) is 0 Å². The van der Waals surface area contributed by atoms with Gasteiger partial charge in [0.2, 0.25) is 0 Å². The van der Waals surface area contributed by atoms with Gasteiger partial charge in [0, 0.05) is 42.8 Å². The highest BCUT2D eigenvalue weighted by atomic mass is 35.5. The molecule has 0 aliphatic carbocycles. The maximum atomic E-state index is 12.9. The number of amides is 1. The average Bonchev–Trinajstić information content (AvgIpc) is 3.25. The van der Waals surface area contributed by atoms with Crippen molar-refractivity contribution in [2.24, 2.45) is 0 Å². The van der Waals surface area contributed by atoms with Gasteiger partial charge in [-0.15, -0.1) is 0 Å². The van der Waals surface area contributed by atoms with Gasteiger partial charge >= 0.3 is 0 Å². The van der Waals surface area contributed by atoms with Gasteiger partial charge in [-0.3, -0.25) is 9.69 Å². The first-order valence-corrected chi connectivity index (χ1v) is 11.0. The van der Waals surface area contributed by atoms with E-state index in [-0.39, 0.29) is 56.8 Å². The normalized spacial score (nSPS) is 22.5. The van der Waals surface area contributed by atoms with Gasteiger partial charge < -0.3 is 20.6 Å². The van der Waals surface area contributed by atoms with Crippen LogP contribution < -0.4 is 15.5 Å². The molecule has 1 atom stereocenters. The van der Waals surface area contributed by atoms with Crippen LogP contribution in [0, 0.1) is 13.8 Å². The fourth-order valence-corrected chi connectivity index (χ4v) is 3.95. The number of hydrogen-bond acceptors (Lipinski definition) is 9.